The molecule has 0 heterocycles. The number of hydrogen-bond donors (Lipinski definition) is 6. The third-order valence-corrected chi connectivity index (χ3v) is 4.02. The van der Waals surface area contributed by atoms with E-state index in [1.54, 1.807) is 13.8 Å². The molecular formula is C15H28N4O4S2. The highest BCUT2D eigenvalue weighted by Crippen LogP contribution is 2.01. The Morgan fingerprint density at radius 3 is 1.28 bits per heavy atom. The third-order valence-electron chi connectivity index (χ3n) is 3.29. The number of carbonyl (C=O) groups is 4. The topological polar surface area (TPSA) is 116 Å². The van der Waals surface area contributed by atoms with Crippen molar-refractivity contribution < 1.29 is 19.2 Å². The summed E-state index contributed by atoms with van der Waals surface area (Å²) in [4.78, 5) is 47.3. The summed E-state index contributed by atoms with van der Waals surface area (Å²) in [7, 11) is 0. The SMILES string of the molecule is CCNC(=O)C(CS)C(=O)NCCCNC(=O)C(CS)C(=O)NCC. The molecule has 2 unspecified atom stereocenters. The maximum absolute atomic E-state index is 11.9. The Balaban J connectivity index is 4.15. The number of amides is 4. The second-order valence-corrected chi connectivity index (χ2v) is 5.93. The first-order valence-electron chi connectivity index (χ1n) is 8.25. The van der Waals surface area contributed by atoms with Gasteiger partial charge in [0.05, 0.1) is 0 Å². The van der Waals surface area contributed by atoms with Crippen molar-refractivity contribution in [3.05, 3.63) is 0 Å². The quantitative estimate of drug-likeness (QED) is 0.145. The number of carbonyl (C=O) groups excluding carboxylic acids is 4. The van der Waals surface area contributed by atoms with Crippen molar-refractivity contribution in [3.8, 4) is 0 Å². The van der Waals surface area contributed by atoms with Crippen LogP contribution in [0.3, 0.4) is 0 Å². The first-order chi connectivity index (χ1) is 11.9. The number of rotatable bonds is 12. The van der Waals surface area contributed by atoms with Crippen LogP contribution in [0.5, 0.6) is 0 Å². The Bertz CT molecular complexity index is 423. The van der Waals surface area contributed by atoms with Gasteiger partial charge in [-0.05, 0) is 20.3 Å². The molecule has 0 saturated heterocycles. The van der Waals surface area contributed by atoms with E-state index in [2.05, 4.69) is 46.5 Å². The molecule has 0 aliphatic rings. The summed E-state index contributed by atoms with van der Waals surface area (Å²) in [5, 5.41) is 10.4. The zero-order valence-electron chi connectivity index (χ0n) is 14.6. The van der Waals surface area contributed by atoms with E-state index in [1.165, 1.54) is 0 Å². The van der Waals surface area contributed by atoms with Crippen molar-refractivity contribution in [2.75, 3.05) is 37.7 Å². The fourth-order valence-electron chi connectivity index (χ4n) is 1.92. The van der Waals surface area contributed by atoms with E-state index < -0.39 is 23.7 Å². The van der Waals surface area contributed by atoms with Crippen LogP contribution in [0.15, 0.2) is 0 Å². The number of hydrogen-bond acceptors (Lipinski definition) is 6. The lowest BCUT2D eigenvalue weighted by atomic mass is 10.1. The average molecular weight is 393 g/mol. The van der Waals surface area contributed by atoms with Crippen LogP contribution in [-0.2, 0) is 19.2 Å². The van der Waals surface area contributed by atoms with Crippen LogP contribution in [0.2, 0.25) is 0 Å². The molecule has 0 aliphatic carbocycles. The van der Waals surface area contributed by atoms with Gasteiger partial charge in [0, 0.05) is 37.7 Å². The lowest BCUT2D eigenvalue weighted by molar-refractivity contribution is -0.135. The normalized spacial score (nSPS) is 12.6. The Morgan fingerprint density at radius 2 is 1.00 bits per heavy atom. The highest BCUT2D eigenvalue weighted by atomic mass is 32.1. The third kappa shape index (κ3) is 9.01. The molecule has 0 bridgehead atoms. The van der Waals surface area contributed by atoms with Gasteiger partial charge in [-0.2, -0.15) is 25.3 Å². The van der Waals surface area contributed by atoms with E-state index in [0.29, 0.717) is 32.6 Å². The molecular weight excluding hydrogens is 364 g/mol. The molecule has 0 aliphatic heterocycles. The molecule has 0 aromatic carbocycles. The minimum Gasteiger partial charge on any atom is -0.356 e. The van der Waals surface area contributed by atoms with E-state index in [9.17, 15) is 19.2 Å². The minimum absolute atomic E-state index is 0.116. The fraction of sp³-hybridized carbons (Fsp3) is 0.733. The summed E-state index contributed by atoms with van der Waals surface area (Å²) in [6, 6.07) is 0. The summed E-state index contributed by atoms with van der Waals surface area (Å²) in [6.07, 6.45) is 0.473. The number of thiol groups is 2. The monoisotopic (exact) mass is 392 g/mol. The minimum atomic E-state index is -0.843. The van der Waals surface area contributed by atoms with E-state index >= 15 is 0 Å². The second-order valence-electron chi connectivity index (χ2n) is 5.20. The Labute approximate surface area is 159 Å². The summed E-state index contributed by atoms with van der Waals surface area (Å²) >= 11 is 8.05. The first-order valence-corrected chi connectivity index (χ1v) is 9.51. The van der Waals surface area contributed by atoms with E-state index in [4.69, 9.17) is 0 Å². The molecule has 0 saturated carbocycles. The molecule has 2 atom stereocenters. The molecule has 0 spiro atoms. The fourth-order valence-corrected chi connectivity index (χ4v) is 2.59. The van der Waals surface area contributed by atoms with Crippen LogP contribution in [0.4, 0.5) is 0 Å². The number of nitrogens with one attached hydrogen (secondary N) is 4. The Morgan fingerprint density at radius 1 is 0.680 bits per heavy atom. The van der Waals surface area contributed by atoms with Crippen molar-refractivity contribution >= 4 is 48.9 Å². The van der Waals surface area contributed by atoms with Gasteiger partial charge in [-0.1, -0.05) is 0 Å². The van der Waals surface area contributed by atoms with Crippen LogP contribution in [0.1, 0.15) is 20.3 Å². The standard InChI is InChI=1S/C15H28N4O4S2/c1-3-16-12(20)10(8-24)14(22)18-6-5-7-19-15(23)11(9-25)13(21)17-4-2/h10-11,24-25H,3-9H2,1-2H3,(H,16,20)(H,17,21)(H,18,22)(H,19,23). The van der Waals surface area contributed by atoms with Crippen LogP contribution >= 0.6 is 25.3 Å². The van der Waals surface area contributed by atoms with Crippen molar-refractivity contribution in [2.45, 2.75) is 20.3 Å². The molecule has 8 nitrogen and oxygen atoms in total. The predicted octanol–water partition coefficient (Wildman–Crippen LogP) is -1.03. The highest BCUT2D eigenvalue weighted by Gasteiger charge is 2.25. The first kappa shape index (κ1) is 23.6. The van der Waals surface area contributed by atoms with E-state index in [1.807, 2.05) is 0 Å². The van der Waals surface area contributed by atoms with Gasteiger partial charge >= 0.3 is 0 Å². The summed E-state index contributed by atoms with van der Waals surface area (Å²) in [5.74, 6) is -2.97. The zero-order valence-corrected chi connectivity index (χ0v) is 16.4. The van der Waals surface area contributed by atoms with Gasteiger partial charge in [0.1, 0.15) is 11.8 Å². The molecule has 144 valence electrons. The van der Waals surface area contributed by atoms with Gasteiger partial charge in [-0.25, -0.2) is 0 Å². The maximum Gasteiger partial charge on any atom is 0.233 e. The second kappa shape index (κ2) is 13.8. The zero-order chi connectivity index (χ0) is 19.2. The van der Waals surface area contributed by atoms with E-state index in [-0.39, 0.29) is 23.3 Å². The van der Waals surface area contributed by atoms with Gasteiger partial charge < -0.3 is 21.3 Å². The summed E-state index contributed by atoms with van der Waals surface area (Å²) in [6.45, 7) is 5.03. The van der Waals surface area contributed by atoms with Crippen molar-refractivity contribution in [2.24, 2.45) is 11.8 Å². The Kier molecular flexibility index (Phi) is 13.0. The summed E-state index contributed by atoms with van der Waals surface area (Å²) < 4.78 is 0. The molecule has 25 heavy (non-hydrogen) atoms. The smallest absolute Gasteiger partial charge is 0.233 e. The molecule has 0 fully saturated rings. The van der Waals surface area contributed by atoms with Gasteiger partial charge in [0.25, 0.3) is 0 Å². The molecule has 0 aromatic heterocycles. The molecule has 0 rings (SSSR count). The Hall–Kier alpha value is -1.42. The van der Waals surface area contributed by atoms with Crippen LogP contribution in [-0.4, -0.2) is 61.3 Å². The largest absolute Gasteiger partial charge is 0.356 e. The predicted molar refractivity (Wildman–Crippen MR) is 103 cm³/mol. The van der Waals surface area contributed by atoms with Crippen LogP contribution in [0, 0.1) is 11.8 Å². The summed E-state index contributed by atoms with van der Waals surface area (Å²) in [5.41, 5.74) is 0. The van der Waals surface area contributed by atoms with Crippen molar-refractivity contribution in [1.82, 2.24) is 21.3 Å². The highest BCUT2D eigenvalue weighted by molar-refractivity contribution is 7.80. The average Bonchev–Trinajstić information content (AvgIpc) is 2.56. The lowest BCUT2D eigenvalue weighted by Gasteiger charge is -2.15. The van der Waals surface area contributed by atoms with Gasteiger partial charge in [0.15, 0.2) is 0 Å². The van der Waals surface area contributed by atoms with Gasteiger partial charge in [-0.3, -0.25) is 19.2 Å². The molecule has 0 aromatic rings. The van der Waals surface area contributed by atoms with Gasteiger partial charge in [-0.15, -0.1) is 0 Å². The van der Waals surface area contributed by atoms with Crippen LogP contribution in [0.25, 0.3) is 0 Å². The molecule has 10 heteroatoms. The van der Waals surface area contributed by atoms with Gasteiger partial charge in [0.2, 0.25) is 23.6 Å². The molecule has 0 radical (unpaired) electrons. The lowest BCUT2D eigenvalue weighted by Crippen LogP contribution is -2.44. The maximum atomic E-state index is 11.9. The molecule has 4 N–H and O–H groups in total. The van der Waals surface area contributed by atoms with Crippen molar-refractivity contribution in [1.29, 1.82) is 0 Å². The van der Waals surface area contributed by atoms with Crippen molar-refractivity contribution in [3.63, 3.8) is 0 Å². The van der Waals surface area contributed by atoms with E-state index in [0.717, 1.165) is 0 Å². The molecule has 4 amide bonds. The van der Waals surface area contributed by atoms with Crippen LogP contribution < -0.4 is 21.3 Å².